The average molecular weight is 557 g/mol. The lowest BCUT2D eigenvalue weighted by Gasteiger charge is -2.44. The van der Waals surface area contributed by atoms with E-state index >= 15 is 0 Å². The molecule has 1 aromatic heterocycles. The summed E-state index contributed by atoms with van der Waals surface area (Å²) in [5.74, 6) is 0.799. The fourth-order valence-corrected chi connectivity index (χ4v) is 6.56. The van der Waals surface area contributed by atoms with E-state index in [4.69, 9.17) is 23.9 Å². The van der Waals surface area contributed by atoms with Gasteiger partial charge in [0.25, 0.3) is 5.56 Å². The van der Waals surface area contributed by atoms with Gasteiger partial charge in [-0.3, -0.25) is 14.2 Å². The number of carbonyl (C=O) groups excluding carboxylic acids is 1. The molecule has 3 aromatic carbocycles. The Labute approximate surface area is 234 Å². The number of thiazole rings is 1. The van der Waals surface area contributed by atoms with E-state index in [1.54, 1.807) is 18.6 Å². The van der Waals surface area contributed by atoms with Crippen LogP contribution in [0.25, 0.3) is 6.08 Å². The largest absolute Gasteiger partial charge is 0.496 e. The molecule has 0 aliphatic carbocycles. The van der Waals surface area contributed by atoms with E-state index in [9.17, 15) is 9.59 Å². The third-order valence-electron chi connectivity index (χ3n) is 7.41. The summed E-state index contributed by atoms with van der Waals surface area (Å²) in [5, 5.41) is 0. The van der Waals surface area contributed by atoms with Crippen LogP contribution in [0.15, 0.2) is 76.5 Å². The molecule has 40 heavy (non-hydrogen) atoms. The van der Waals surface area contributed by atoms with Gasteiger partial charge in [-0.05, 0) is 55.3 Å². The number of fused-ring (bicyclic) bond motifs is 6. The first-order valence-electron chi connectivity index (χ1n) is 12.9. The van der Waals surface area contributed by atoms with Crippen LogP contribution in [0.4, 0.5) is 0 Å². The van der Waals surface area contributed by atoms with E-state index in [1.165, 1.54) is 18.4 Å². The fourth-order valence-electron chi connectivity index (χ4n) is 5.46. The van der Waals surface area contributed by atoms with Crippen molar-refractivity contribution in [3.63, 3.8) is 0 Å². The predicted molar refractivity (Wildman–Crippen MR) is 151 cm³/mol. The highest BCUT2D eigenvalue weighted by atomic mass is 32.1. The summed E-state index contributed by atoms with van der Waals surface area (Å²) in [7, 11) is 2.95. The van der Waals surface area contributed by atoms with Crippen LogP contribution in [0.5, 0.6) is 17.2 Å². The predicted octanol–water partition coefficient (Wildman–Crippen LogP) is 3.76. The smallest absolute Gasteiger partial charge is 0.317 e. The minimum Gasteiger partial charge on any atom is -0.496 e. The highest BCUT2D eigenvalue weighted by Crippen LogP contribution is 2.47. The first kappa shape index (κ1) is 25.9. The van der Waals surface area contributed by atoms with Gasteiger partial charge in [0.2, 0.25) is 5.72 Å². The Morgan fingerprint density at radius 3 is 2.65 bits per heavy atom. The molecular weight excluding hydrogens is 528 g/mol. The van der Waals surface area contributed by atoms with Crippen LogP contribution >= 0.6 is 11.3 Å². The second-order valence-corrected chi connectivity index (χ2v) is 11.0. The number of aryl methyl sites for hydroxylation is 1. The van der Waals surface area contributed by atoms with Crippen LogP contribution in [0.3, 0.4) is 0 Å². The van der Waals surface area contributed by atoms with Crippen molar-refractivity contribution in [2.75, 3.05) is 14.2 Å². The van der Waals surface area contributed by atoms with Gasteiger partial charge in [-0.15, -0.1) is 0 Å². The van der Waals surface area contributed by atoms with Crippen LogP contribution in [0, 0.1) is 12.8 Å². The molecule has 2 bridgehead atoms. The number of rotatable bonds is 6. The second kappa shape index (κ2) is 9.98. The zero-order chi connectivity index (χ0) is 28.0. The Bertz CT molecular complexity index is 1810. The molecule has 0 spiro atoms. The Morgan fingerprint density at radius 1 is 1.10 bits per heavy atom. The van der Waals surface area contributed by atoms with Crippen molar-refractivity contribution in [3.05, 3.63) is 109 Å². The number of esters is 1. The lowest BCUT2D eigenvalue weighted by Crippen LogP contribution is -2.58. The number of para-hydroxylation sites is 2. The Balaban J connectivity index is 1.44. The van der Waals surface area contributed by atoms with E-state index in [1.807, 2.05) is 79.7 Å². The molecule has 2 aliphatic rings. The van der Waals surface area contributed by atoms with Crippen molar-refractivity contribution in [3.8, 4) is 17.2 Å². The summed E-state index contributed by atoms with van der Waals surface area (Å²) < 4.78 is 25.1. The SMILES string of the molecule is COC(=O)C1C2c3ccccc3OC1(C)N=c1s/c(=C/c3ccc(OC)c(COc4ccccc4C)c3)c(=O)n12. The molecule has 204 valence electrons. The van der Waals surface area contributed by atoms with Crippen LogP contribution in [-0.4, -0.2) is 30.5 Å². The fraction of sp³-hybridized carbons (Fsp3) is 0.258. The summed E-state index contributed by atoms with van der Waals surface area (Å²) in [4.78, 5) is 32.2. The summed E-state index contributed by atoms with van der Waals surface area (Å²) in [6.07, 6.45) is 1.83. The van der Waals surface area contributed by atoms with Gasteiger partial charge in [-0.1, -0.05) is 53.8 Å². The summed E-state index contributed by atoms with van der Waals surface area (Å²) >= 11 is 1.27. The maximum absolute atomic E-state index is 13.9. The maximum Gasteiger partial charge on any atom is 0.317 e. The molecule has 2 aliphatic heterocycles. The van der Waals surface area contributed by atoms with Gasteiger partial charge in [-0.2, -0.15) is 0 Å². The van der Waals surface area contributed by atoms with E-state index in [0.717, 1.165) is 28.0 Å². The van der Waals surface area contributed by atoms with Gasteiger partial charge >= 0.3 is 5.97 Å². The molecule has 9 heteroatoms. The molecule has 8 nitrogen and oxygen atoms in total. The zero-order valence-corrected chi connectivity index (χ0v) is 23.4. The molecule has 0 N–H and O–H groups in total. The van der Waals surface area contributed by atoms with Gasteiger partial charge in [-0.25, -0.2) is 4.99 Å². The number of nitrogens with zero attached hydrogens (tertiary/aromatic N) is 2. The molecule has 0 fully saturated rings. The van der Waals surface area contributed by atoms with Crippen molar-refractivity contribution in [2.24, 2.45) is 10.9 Å². The van der Waals surface area contributed by atoms with Crippen molar-refractivity contribution in [2.45, 2.75) is 32.2 Å². The third kappa shape index (κ3) is 4.26. The van der Waals surface area contributed by atoms with Gasteiger partial charge in [0.05, 0.1) is 24.8 Å². The first-order chi connectivity index (χ1) is 19.3. The lowest BCUT2D eigenvalue weighted by atomic mass is 9.81. The molecule has 0 saturated carbocycles. The van der Waals surface area contributed by atoms with E-state index in [2.05, 4.69) is 0 Å². The van der Waals surface area contributed by atoms with Crippen LogP contribution in [-0.2, 0) is 16.1 Å². The number of methoxy groups -OCH3 is 2. The number of aromatic nitrogens is 1. The maximum atomic E-state index is 13.9. The van der Waals surface area contributed by atoms with E-state index in [0.29, 0.717) is 27.4 Å². The highest BCUT2D eigenvalue weighted by molar-refractivity contribution is 7.07. The summed E-state index contributed by atoms with van der Waals surface area (Å²) in [6, 6.07) is 20.4. The first-order valence-corrected chi connectivity index (χ1v) is 13.7. The molecule has 0 radical (unpaired) electrons. The number of hydrogen-bond acceptors (Lipinski definition) is 8. The van der Waals surface area contributed by atoms with Crippen molar-refractivity contribution in [1.29, 1.82) is 0 Å². The molecule has 0 amide bonds. The van der Waals surface area contributed by atoms with Crippen molar-refractivity contribution >= 4 is 23.4 Å². The Kier molecular flexibility index (Phi) is 6.46. The summed E-state index contributed by atoms with van der Waals surface area (Å²) in [5.41, 5.74) is 2.02. The molecule has 0 saturated heterocycles. The average Bonchev–Trinajstić information content (AvgIpc) is 3.24. The third-order valence-corrected chi connectivity index (χ3v) is 8.40. The standard InChI is InChI=1S/C31H28N2O6S/c1-18-9-5-7-11-22(18)38-17-20-15-19(13-14-23(20)36-3)16-25-28(34)33-27-21-10-6-8-12-24(21)39-31(2,32-30(33)40-25)26(27)29(35)37-4/h5-16,26-27H,17H2,1-4H3/b25-16+. The molecule has 3 heterocycles. The van der Waals surface area contributed by atoms with E-state index in [-0.39, 0.29) is 5.56 Å². The Hall–Kier alpha value is -4.37. The lowest BCUT2D eigenvalue weighted by molar-refractivity contribution is -0.158. The zero-order valence-electron chi connectivity index (χ0n) is 22.5. The van der Waals surface area contributed by atoms with Crippen molar-refractivity contribution < 1.29 is 23.7 Å². The minimum absolute atomic E-state index is 0.227. The topological polar surface area (TPSA) is 88.4 Å². The number of carbonyl (C=O) groups is 1. The number of benzene rings is 3. The van der Waals surface area contributed by atoms with Gasteiger partial charge < -0.3 is 18.9 Å². The Morgan fingerprint density at radius 2 is 1.88 bits per heavy atom. The molecule has 3 atom stereocenters. The van der Waals surface area contributed by atoms with Crippen LogP contribution in [0.2, 0.25) is 0 Å². The van der Waals surface area contributed by atoms with Crippen LogP contribution < -0.4 is 29.1 Å². The van der Waals surface area contributed by atoms with Crippen LogP contribution in [0.1, 0.15) is 35.2 Å². The molecule has 4 aromatic rings. The second-order valence-electron chi connectivity index (χ2n) is 9.95. The molecule has 3 unspecified atom stereocenters. The summed E-state index contributed by atoms with van der Waals surface area (Å²) in [6.45, 7) is 4.07. The van der Waals surface area contributed by atoms with Gasteiger partial charge in [0.1, 0.15) is 29.8 Å². The number of ether oxygens (including phenoxy) is 4. The van der Waals surface area contributed by atoms with Gasteiger partial charge in [0.15, 0.2) is 4.80 Å². The minimum atomic E-state index is -1.21. The number of hydrogen-bond donors (Lipinski definition) is 0. The van der Waals surface area contributed by atoms with Gasteiger partial charge in [0, 0.05) is 11.1 Å². The van der Waals surface area contributed by atoms with Crippen molar-refractivity contribution in [1.82, 2.24) is 4.57 Å². The van der Waals surface area contributed by atoms with E-state index < -0.39 is 23.7 Å². The molecule has 6 rings (SSSR count). The monoisotopic (exact) mass is 556 g/mol. The highest BCUT2D eigenvalue weighted by Gasteiger charge is 2.55. The molecular formula is C31H28N2O6S. The normalized spacial score (nSPS) is 20.9. The quantitative estimate of drug-likeness (QED) is 0.336.